The van der Waals surface area contributed by atoms with Crippen molar-refractivity contribution in [1.82, 2.24) is 5.32 Å². The van der Waals surface area contributed by atoms with Crippen molar-refractivity contribution in [3.8, 4) is 0 Å². The Hall–Kier alpha value is -2.10. The van der Waals surface area contributed by atoms with E-state index in [-0.39, 0.29) is 22.3 Å². The predicted molar refractivity (Wildman–Crippen MR) is 136 cm³/mol. The molecule has 0 saturated carbocycles. The molecule has 2 nitrogen and oxygen atoms in total. The van der Waals surface area contributed by atoms with Crippen LogP contribution in [0.25, 0.3) is 33.7 Å². The average Bonchev–Trinajstić information content (AvgIpc) is 2.78. The minimum Gasteiger partial charge on any atom is -0.305 e. The van der Waals surface area contributed by atoms with Crippen LogP contribution in [0, 0.1) is 5.92 Å². The number of ketones is 1. The maximum atomic E-state index is 12.4. The minimum atomic E-state index is -0.0626. The third kappa shape index (κ3) is 4.79. The summed E-state index contributed by atoms with van der Waals surface area (Å²) in [5.74, 6) is 0.335. The Morgan fingerprint density at radius 1 is 0.900 bits per heavy atom. The zero-order valence-corrected chi connectivity index (χ0v) is 20.2. The lowest BCUT2D eigenvalue weighted by Crippen LogP contribution is -2.36. The number of nitrogens with one attached hydrogen (secondary N) is 1. The molecule has 0 spiro atoms. The normalized spacial score (nSPS) is 14.3. The van der Waals surface area contributed by atoms with Gasteiger partial charge in [-0.15, -0.1) is 11.8 Å². The van der Waals surface area contributed by atoms with E-state index in [0.29, 0.717) is 0 Å². The van der Waals surface area contributed by atoms with Crippen molar-refractivity contribution in [3.05, 3.63) is 59.0 Å². The van der Waals surface area contributed by atoms with Crippen molar-refractivity contribution in [3.63, 3.8) is 0 Å². The van der Waals surface area contributed by atoms with Crippen LogP contribution in [0.1, 0.15) is 41.5 Å². The van der Waals surface area contributed by atoms with Gasteiger partial charge >= 0.3 is 0 Å². The molecule has 3 aromatic rings. The Balaban J connectivity index is 0.00000155. The lowest BCUT2D eigenvalue weighted by atomic mass is 9.96. The number of hydrogen-bond donors (Lipinski definition) is 1. The third-order valence-electron chi connectivity index (χ3n) is 5.40. The molecule has 0 heterocycles. The van der Waals surface area contributed by atoms with Gasteiger partial charge in [0.2, 0.25) is 0 Å². The van der Waals surface area contributed by atoms with E-state index in [1.54, 1.807) is 11.8 Å². The van der Waals surface area contributed by atoms with Gasteiger partial charge in [0.25, 0.3) is 0 Å². The molecular weight excluding hydrogens is 386 g/mol. The Bertz CT molecular complexity index is 1130. The lowest BCUT2D eigenvalue weighted by molar-refractivity contribution is -0.121. The maximum Gasteiger partial charge on any atom is 0.148 e. The maximum absolute atomic E-state index is 12.4. The first-order valence-electron chi connectivity index (χ1n) is 10.8. The van der Waals surface area contributed by atoms with Crippen LogP contribution in [-0.4, -0.2) is 23.5 Å². The quantitative estimate of drug-likeness (QED) is 0.421. The van der Waals surface area contributed by atoms with Gasteiger partial charge in [0.05, 0.1) is 10.6 Å². The van der Waals surface area contributed by atoms with Gasteiger partial charge < -0.3 is 5.32 Å². The fraction of sp³-hybridized carbons (Fsp3) is 0.370. The van der Waals surface area contributed by atoms with Gasteiger partial charge in [0.15, 0.2) is 0 Å². The van der Waals surface area contributed by atoms with Crippen LogP contribution in [0.4, 0.5) is 0 Å². The number of carbonyl (C=O) groups is 1. The van der Waals surface area contributed by atoms with Gasteiger partial charge in [0.1, 0.15) is 5.78 Å². The molecule has 0 bridgehead atoms. The smallest absolute Gasteiger partial charge is 0.148 e. The van der Waals surface area contributed by atoms with E-state index in [4.69, 9.17) is 0 Å². The van der Waals surface area contributed by atoms with Gasteiger partial charge in [-0.2, -0.15) is 0 Å². The van der Waals surface area contributed by atoms with E-state index in [0.717, 1.165) is 5.22 Å². The number of hydrogen-bond acceptors (Lipinski definition) is 3. The van der Waals surface area contributed by atoms with Gasteiger partial charge in [-0.3, -0.25) is 4.79 Å². The number of rotatable bonds is 6. The van der Waals surface area contributed by atoms with Gasteiger partial charge in [0, 0.05) is 5.92 Å². The minimum absolute atomic E-state index is 0.0442. The molecular formula is C27H35NOS. The van der Waals surface area contributed by atoms with E-state index in [2.05, 4.69) is 67.4 Å². The number of carbonyl (C=O) groups excluding carboxylic acids is 1. The summed E-state index contributed by atoms with van der Waals surface area (Å²) >= 11 is 1.68. The highest BCUT2D eigenvalue weighted by Gasteiger charge is 2.22. The molecule has 3 aromatic carbocycles. The van der Waals surface area contributed by atoms with Crippen molar-refractivity contribution in [2.45, 2.75) is 52.2 Å². The summed E-state index contributed by atoms with van der Waals surface area (Å²) in [5, 5.41) is 10.5. The summed E-state index contributed by atoms with van der Waals surface area (Å²) in [7, 11) is 1.96. The molecule has 30 heavy (non-hydrogen) atoms. The van der Waals surface area contributed by atoms with E-state index < -0.39 is 0 Å². The summed E-state index contributed by atoms with van der Waals surface area (Å²) in [6, 6.07) is 17.0. The summed E-state index contributed by atoms with van der Waals surface area (Å²) in [4.78, 5) is 12.4. The standard InChI is InChI=1S/C25H29NOS.C2H6/c1-15(2)24(27)18(5)28-25(26-6)17(4)23-16(3)19-11-7-8-12-20(19)21-13-9-10-14-22(21)23;1-2/h7-15,18,25-26H,3H2,1-2,4-6H3;1-2H3/b23-17+;. The van der Waals surface area contributed by atoms with Crippen molar-refractivity contribution in [2.24, 2.45) is 5.92 Å². The van der Waals surface area contributed by atoms with Crippen LogP contribution < -0.4 is 15.8 Å². The van der Waals surface area contributed by atoms with Crippen molar-refractivity contribution >= 4 is 51.2 Å². The van der Waals surface area contributed by atoms with Crippen LogP contribution in [0.3, 0.4) is 0 Å². The van der Waals surface area contributed by atoms with Gasteiger partial charge in [-0.05, 0) is 58.5 Å². The van der Waals surface area contributed by atoms with Crippen molar-refractivity contribution in [1.29, 1.82) is 0 Å². The van der Waals surface area contributed by atoms with E-state index >= 15 is 0 Å². The molecule has 0 aliphatic heterocycles. The van der Waals surface area contributed by atoms with Crippen molar-refractivity contribution in [2.75, 3.05) is 7.05 Å². The second-order valence-electron chi connectivity index (χ2n) is 7.63. The molecule has 0 aromatic heterocycles. The summed E-state index contributed by atoms with van der Waals surface area (Å²) in [6.07, 6.45) is 0. The molecule has 0 radical (unpaired) electrons. The van der Waals surface area contributed by atoms with E-state index in [1.807, 2.05) is 41.7 Å². The average molecular weight is 422 g/mol. The van der Waals surface area contributed by atoms with Gasteiger partial charge in [-0.1, -0.05) is 82.8 Å². The molecule has 3 rings (SSSR count). The Kier molecular flexibility index (Phi) is 8.69. The molecule has 0 fully saturated rings. The number of benzene rings is 3. The highest BCUT2D eigenvalue weighted by atomic mass is 32.2. The van der Waals surface area contributed by atoms with Crippen molar-refractivity contribution < 1.29 is 4.79 Å². The fourth-order valence-electron chi connectivity index (χ4n) is 3.92. The molecule has 0 amide bonds. The van der Waals surface area contributed by atoms with E-state index in [1.165, 1.54) is 32.3 Å². The summed E-state index contributed by atoms with van der Waals surface area (Å²) in [6.45, 7) is 16.6. The first kappa shape index (κ1) is 24.2. The first-order chi connectivity index (χ1) is 14.4. The monoisotopic (exact) mass is 421 g/mol. The van der Waals surface area contributed by atoms with Crippen LogP contribution in [0.2, 0.25) is 0 Å². The largest absolute Gasteiger partial charge is 0.305 e. The number of Topliss-reactive ketones (excluding diaryl/α,β-unsaturated/α-hetero) is 1. The molecule has 0 saturated heterocycles. The van der Waals surface area contributed by atoms with Crippen LogP contribution in [0.15, 0.2) is 48.5 Å². The third-order valence-corrected chi connectivity index (χ3v) is 6.90. The molecule has 0 aliphatic rings. The second kappa shape index (κ2) is 10.8. The first-order valence-corrected chi connectivity index (χ1v) is 11.8. The topological polar surface area (TPSA) is 29.1 Å². The molecule has 1 N–H and O–H groups in total. The number of thioether (sulfide) groups is 1. The fourth-order valence-corrected chi connectivity index (χ4v) is 5.20. The van der Waals surface area contributed by atoms with Crippen LogP contribution in [0.5, 0.6) is 0 Å². The SMILES string of the molecule is C=c1/c(=C(/C)C(NC)SC(C)C(=O)C(C)C)c2ccccc2c2ccccc12.CC. The molecule has 0 aliphatic carbocycles. The highest BCUT2D eigenvalue weighted by molar-refractivity contribution is 8.01. The zero-order chi connectivity index (χ0) is 22.4. The summed E-state index contributed by atoms with van der Waals surface area (Å²) in [5.41, 5.74) is 1.21. The molecule has 160 valence electrons. The summed E-state index contributed by atoms with van der Waals surface area (Å²) < 4.78 is 0. The van der Waals surface area contributed by atoms with Crippen LogP contribution in [-0.2, 0) is 4.79 Å². The Morgan fingerprint density at radius 3 is 1.87 bits per heavy atom. The highest BCUT2D eigenvalue weighted by Crippen LogP contribution is 2.26. The van der Waals surface area contributed by atoms with Crippen LogP contribution >= 0.6 is 11.8 Å². The van der Waals surface area contributed by atoms with Gasteiger partial charge in [-0.25, -0.2) is 0 Å². The Morgan fingerprint density at radius 2 is 1.37 bits per heavy atom. The molecule has 2 unspecified atom stereocenters. The molecule has 3 heteroatoms. The lowest BCUT2D eigenvalue weighted by Gasteiger charge is -2.22. The molecule has 2 atom stereocenters. The predicted octanol–water partition coefficient (Wildman–Crippen LogP) is 5.49. The Labute approximate surface area is 185 Å². The number of fused-ring (bicyclic) bond motifs is 3. The zero-order valence-electron chi connectivity index (χ0n) is 19.4. The second-order valence-corrected chi connectivity index (χ2v) is 9.08. The van der Waals surface area contributed by atoms with E-state index in [9.17, 15) is 4.79 Å².